The second-order valence-electron chi connectivity index (χ2n) is 4.80. The predicted molar refractivity (Wildman–Crippen MR) is 78.5 cm³/mol. The van der Waals surface area contributed by atoms with Crippen molar-refractivity contribution in [2.45, 2.75) is 42.6 Å². The Labute approximate surface area is 126 Å². The Bertz CT molecular complexity index is 595. The van der Waals surface area contributed by atoms with E-state index in [0.717, 1.165) is 23.7 Å². The maximum Gasteiger partial charge on any atom is 0.209 e. The first-order valence-electron chi connectivity index (χ1n) is 6.55. The number of hydrogen-bond donors (Lipinski definition) is 1. The van der Waals surface area contributed by atoms with E-state index >= 15 is 0 Å². The molecular formula is C12H15ClN6S. The van der Waals surface area contributed by atoms with Gasteiger partial charge in [-0.3, -0.25) is 0 Å². The third kappa shape index (κ3) is 2.88. The minimum atomic E-state index is 0.428. The fourth-order valence-electron chi connectivity index (χ4n) is 2.39. The number of nitrogen functional groups attached to an aromatic ring is 1. The number of anilines is 1. The highest BCUT2D eigenvalue weighted by atomic mass is 35.5. The molecule has 2 aromatic heterocycles. The molecule has 20 heavy (non-hydrogen) atoms. The summed E-state index contributed by atoms with van der Waals surface area (Å²) >= 11 is 7.65. The maximum atomic E-state index is 6.11. The van der Waals surface area contributed by atoms with E-state index < -0.39 is 0 Å². The van der Waals surface area contributed by atoms with Crippen LogP contribution in [-0.2, 0) is 5.75 Å². The van der Waals surface area contributed by atoms with Crippen molar-refractivity contribution in [1.29, 1.82) is 0 Å². The molecule has 8 heteroatoms. The van der Waals surface area contributed by atoms with Gasteiger partial charge in [-0.2, -0.15) is 0 Å². The Morgan fingerprint density at radius 1 is 1.35 bits per heavy atom. The topological polar surface area (TPSA) is 82.5 Å². The zero-order chi connectivity index (χ0) is 13.9. The van der Waals surface area contributed by atoms with Crippen molar-refractivity contribution in [3.05, 3.63) is 22.8 Å². The van der Waals surface area contributed by atoms with Gasteiger partial charge in [0.25, 0.3) is 0 Å². The summed E-state index contributed by atoms with van der Waals surface area (Å²) in [5.41, 5.74) is 6.44. The number of thioether (sulfide) groups is 1. The first kappa shape index (κ1) is 13.6. The van der Waals surface area contributed by atoms with E-state index in [1.807, 2.05) is 4.68 Å². The van der Waals surface area contributed by atoms with Crippen LogP contribution in [0.2, 0.25) is 5.02 Å². The fraction of sp³-hybridized carbons (Fsp3) is 0.500. The molecule has 0 spiro atoms. The zero-order valence-electron chi connectivity index (χ0n) is 10.9. The van der Waals surface area contributed by atoms with Crippen LogP contribution in [0.25, 0.3) is 0 Å². The van der Waals surface area contributed by atoms with E-state index in [-0.39, 0.29) is 0 Å². The van der Waals surface area contributed by atoms with E-state index in [2.05, 4.69) is 20.5 Å². The van der Waals surface area contributed by atoms with Crippen molar-refractivity contribution >= 4 is 29.2 Å². The van der Waals surface area contributed by atoms with Crippen LogP contribution in [-0.4, -0.2) is 25.2 Å². The van der Waals surface area contributed by atoms with Crippen LogP contribution in [0, 0.1) is 0 Å². The van der Waals surface area contributed by atoms with Crippen molar-refractivity contribution in [3.63, 3.8) is 0 Å². The normalized spacial score (nSPS) is 15.8. The predicted octanol–water partition coefficient (Wildman–Crippen LogP) is 2.71. The summed E-state index contributed by atoms with van der Waals surface area (Å²) in [4.78, 5) is 4.25. The molecule has 0 amide bonds. The van der Waals surface area contributed by atoms with Crippen LogP contribution < -0.4 is 5.73 Å². The van der Waals surface area contributed by atoms with Gasteiger partial charge in [0.05, 0.1) is 16.8 Å². The third-order valence-corrected chi connectivity index (χ3v) is 4.70. The van der Waals surface area contributed by atoms with Crippen molar-refractivity contribution in [2.75, 3.05) is 5.73 Å². The summed E-state index contributed by atoms with van der Waals surface area (Å²) < 4.78 is 1.93. The number of tetrazole rings is 1. The van der Waals surface area contributed by atoms with Crippen molar-refractivity contribution < 1.29 is 0 Å². The largest absolute Gasteiger partial charge is 0.384 e. The number of nitrogens with two attached hydrogens (primary N) is 1. The Hall–Kier alpha value is -1.34. The van der Waals surface area contributed by atoms with Gasteiger partial charge in [0.15, 0.2) is 0 Å². The number of hydrogen-bond acceptors (Lipinski definition) is 6. The zero-order valence-corrected chi connectivity index (χ0v) is 12.4. The molecule has 0 bridgehead atoms. The number of nitrogens with zero attached hydrogens (tertiary/aromatic N) is 5. The van der Waals surface area contributed by atoms with E-state index in [1.165, 1.54) is 12.8 Å². The Balaban J connectivity index is 1.72. The molecule has 0 aromatic carbocycles. The number of halogens is 1. The lowest BCUT2D eigenvalue weighted by molar-refractivity contribution is 0.423. The number of rotatable bonds is 4. The molecule has 6 nitrogen and oxygen atoms in total. The van der Waals surface area contributed by atoms with Gasteiger partial charge in [0.1, 0.15) is 5.82 Å². The molecule has 0 saturated heterocycles. The standard InChI is InChI=1S/C12H15ClN6S/c13-9-5-6-11(14)15-10(9)7-20-12-16-17-18-19(12)8-3-1-2-4-8/h5-6,8H,1-4,7H2,(H2,14,15). The Morgan fingerprint density at radius 2 is 2.15 bits per heavy atom. The highest BCUT2D eigenvalue weighted by Crippen LogP contribution is 2.32. The Morgan fingerprint density at radius 3 is 2.95 bits per heavy atom. The molecule has 0 unspecified atom stereocenters. The average molecular weight is 311 g/mol. The quantitative estimate of drug-likeness (QED) is 0.874. The molecule has 3 rings (SSSR count). The molecule has 1 aliphatic rings. The highest BCUT2D eigenvalue weighted by molar-refractivity contribution is 7.98. The van der Waals surface area contributed by atoms with Gasteiger partial charge in [-0.05, 0) is 35.4 Å². The third-order valence-electron chi connectivity index (χ3n) is 3.41. The summed E-state index contributed by atoms with van der Waals surface area (Å²) in [7, 11) is 0. The average Bonchev–Trinajstić information content (AvgIpc) is 3.09. The summed E-state index contributed by atoms with van der Waals surface area (Å²) in [5.74, 6) is 1.08. The number of aromatic nitrogens is 5. The monoisotopic (exact) mass is 310 g/mol. The second kappa shape index (κ2) is 5.97. The van der Waals surface area contributed by atoms with Crippen LogP contribution in [0.5, 0.6) is 0 Å². The van der Waals surface area contributed by atoms with E-state index in [4.69, 9.17) is 17.3 Å². The SMILES string of the molecule is Nc1ccc(Cl)c(CSc2nnnn2C2CCCC2)n1. The molecule has 106 valence electrons. The minimum Gasteiger partial charge on any atom is -0.384 e. The van der Waals surface area contributed by atoms with E-state index in [0.29, 0.717) is 22.6 Å². The molecule has 0 radical (unpaired) electrons. The van der Waals surface area contributed by atoms with Gasteiger partial charge in [0.2, 0.25) is 5.16 Å². The van der Waals surface area contributed by atoms with Gasteiger partial charge in [-0.1, -0.05) is 36.2 Å². The summed E-state index contributed by atoms with van der Waals surface area (Å²) in [6.45, 7) is 0. The fourth-order valence-corrected chi connectivity index (χ4v) is 3.54. The van der Waals surface area contributed by atoms with Crippen LogP contribution in [0.3, 0.4) is 0 Å². The molecule has 2 aromatic rings. The van der Waals surface area contributed by atoms with Gasteiger partial charge >= 0.3 is 0 Å². The molecule has 2 heterocycles. The molecule has 2 N–H and O–H groups in total. The molecule has 1 aliphatic carbocycles. The lowest BCUT2D eigenvalue weighted by Gasteiger charge is -2.10. The maximum absolute atomic E-state index is 6.11. The van der Waals surface area contributed by atoms with Gasteiger partial charge in [-0.25, -0.2) is 9.67 Å². The molecule has 1 saturated carbocycles. The van der Waals surface area contributed by atoms with Crippen LogP contribution in [0.1, 0.15) is 37.4 Å². The molecule has 0 atom stereocenters. The van der Waals surface area contributed by atoms with Crippen molar-refractivity contribution in [1.82, 2.24) is 25.2 Å². The number of pyridine rings is 1. The first-order chi connectivity index (χ1) is 9.74. The lowest BCUT2D eigenvalue weighted by atomic mass is 10.3. The molecular weight excluding hydrogens is 296 g/mol. The van der Waals surface area contributed by atoms with Crippen LogP contribution in [0.4, 0.5) is 5.82 Å². The van der Waals surface area contributed by atoms with Crippen molar-refractivity contribution in [3.8, 4) is 0 Å². The first-order valence-corrected chi connectivity index (χ1v) is 7.92. The van der Waals surface area contributed by atoms with Gasteiger partial charge < -0.3 is 5.73 Å². The van der Waals surface area contributed by atoms with Gasteiger partial charge in [0, 0.05) is 5.75 Å². The van der Waals surface area contributed by atoms with E-state index in [1.54, 1.807) is 23.9 Å². The smallest absolute Gasteiger partial charge is 0.209 e. The molecule has 1 fully saturated rings. The minimum absolute atomic E-state index is 0.428. The lowest BCUT2D eigenvalue weighted by Crippen LogP contribution is -2.08. The van der Waals surface area contributed by atoms with Crippen LogP contribution in [0.15, 0.2) is 17.3 Å². The summed E-state index contributed by atoms with van der Waals surface area (Å²) in [6, 6.07) is 3.88. The summed E-state index contributed by atoms with van der Waals surface area (Å²) in [5, 5.41) is 13.4. The van der Waals surface area contributed by atoms with E-state index in [9.17, 15) is 0 Å². The Kier molecular flexibility index (Phi) is 4.07. The highest BCUT2D eigenvalue weighted by Gasteiger charge is 2.21. The van der Waals surface area contributed by atoms with Crippen molar-refractivity contribution in [2.24, 2.45) is 0 Å². The van der Waals surface area contributed by atoms with Crippen LogP contribution >= 0.6 is 23.4 Å². The summed E-state index contributed by atoms with van der Waals surface area (Å²) in [6.07, 6.45) is 4.79. The van der Waals surface area contributed by atoms with Gasteiger partial charge in [-0.15, -0.1) is 5.10 Å². The second-order valence-corrected chi connectivity index (χ2v) is 6.15. The molecule has 0 aliphatic heterocycles.